The summed E-state index contributed by atoms with van der Waals surface area (Å²) >= 11 is 0. The number of aromatic nitrogens is 1. The van der Waals surface area contributed by atoms with Crippen LogP contribution in [0.3, 0.4) is 0 Å². The van der Waals surface area contributed by atoms with E-state index < -0.39 is 0 Å². The molecule has 0 amide bonds. The maximum Gasteiger partial charge on any atom is 0.0633 e. The van der Waals surface area contributed by atoms with Gasteiger partial charge in [-0.25, -0.2) is 0 Å². The van der Waals surface area contributed by atoms with Crippen molar-refractivity contribution in [2.75, 3.05) is 4.90 Å². The lowest BCUT2D eigenvalue weighted by atomic mass is 9.84. The molecule has 112 heavy (non-hydrogen) atoms. The Kier molecular flexibility index (Phi) is 16.4. The Hall–Kier alpha value is -14.4. The lowest BCUT2D eigenvalue weighted by molar-refractivity contribution is 0.831. The first kappa shape index (κ1) is 65.8. The van der Waals surface area contributed by atoms with Gasteiger partial charge in [-0.2, -0.15) is 0 Å². The van der Waals surface area contributed by atoms with Crippen LogP contribution in [0.25, 0.3) is 183 Å². The fraction of sp³-hybridized carbons (Fsp3) is 0.0182. The number of hydrogen-bond donors (Lipinski definition) is 0. The first-order valence-corrected chi connectivity index (χ1v) is 38.9. The average molecular weight is 1420 g/mol. The molecule has 1 aliphatic heterocycles. The van der Waals surface area contributed by atoms with Gasteiger partial charge in [0, 0.05) is 33.4 Å². The van der Waals surface area contributed by atoms with Crippen molar-refractivity contribution >= 4 is 65.9 Å². The quantitative estimate of drug-likeness (QED) is 0.0985. The summed E-state index contributed by atoms with van der Waals surface area (Å²) in [5.74, 6) is 0. The molecule has 0 N–H and O–H groups in total. The van der Waals surface area contributed by atoms with E-state index in [4.69, 9.17) is 0 Å². The van der Waals surface area contributed by atoms with Crippen LogP contribution in [0.1, 0.15) is 17.5 Å². The third-order valence-electron chi connectivity index (χ3n) is 23.4. The highest BCUT2D eigenvalue weighted by Gasteiger charge is 2.37. The molecule has 1 unspecified atom stereocenters. The standard InChI is InChI=1S/C110H74N2/c1-7-19-73(20-8-1)77-31-39-81(40-32-77)91-53-63-105-99(67-91)100-68-92(82-41-33-78(34-42-82)74-21-9-2-10-22-74)54-64-106(100)111(105)95-57-47-85(48-58-95)89-51-61-97-103(71-89)109(87-27-15-5-16-28-87)98-62-52-90(72-104(98)110(97)88-29-17-6-18-30-88)86-49-59-96(60-50-86)112-107-65-55-93(83-43-35-79(36-44-83)75-23-11-3-12-24-75)69-101(107)102-70-94(56-66-108(102)112)84-45-37-80(38-46-84)76-25-13-4-14-26-76/h1-65,67-72,108H,66H2. The zero-order valence-electron chi connectivity index (χ0n) is 61.7. The van der Waals surface area contributed by atoms with Gasteiger partial charge in [0.2, 0.25) is 0 Å². The second-order valence-corrected chi connectivity index (χ2v) is 29.8. The molecule has 1 aromatic heterocycles. The molecule has 0 bridgehead atoms. The van der Waals surface area contributed by atoms with Crippen molar-refractivity contribution in [1.29, 1.82) is 0 Å². The Morgan fingerprint density at radius 2 is 0.482 bits per heavy atom. The number of rotatable bonds is 14. The van der Waals surface area contributed by atoms with Gasteiger partial charge in [-0.15, -0.1) is 0 Å². The summed E-state index contributed by atoms with van der Waals surface area (Å²) in [6.45, 7) is 0. The van der Waals surface area contributed by atoms with E-state index in [2.05, 4.69) is 440 Å². The summed E-state index contributed by atoms with van der Waals surface area (Å²) in [6, 6.07) is 155. The van der Waals surface area contributed by atoms with Crippen molar-refractivity contribution < 1.29 is 0 Å². The molecule has 0 spiro atoms. The maximum absolute atomic E-state index is 2.59. The SMILES string of the molecule is C1=C(c2ccc(-c3ccccc3)cc2)C=C2c3cc(-c4ccc(-c5ccccc5)cc4)ccc3N(c3ccc(-c4ccc5c(-c6ccccc6)c6cc(-c7ccc(-n8c9ccc(-c%10ccc(-c%11ccccc%11)cc%10)cc9c9cc(-c%10ccc(-c%11ccccc%11)cc%10)ccc98)cc7)ccc6c(-c6ccccc6)c5c4)cc3)C2C1. The number of hydrogen-bond acceptors (Lipinski definition) is 1. The Bertz CT molecular complexity index is 6690. The molecule has 1 atom stereocenters. The van der Waals surface area contributed by atoms with Crippen molar-refractivity contribution in [3.8, 4) is 128 Å². The highest BCUT2D eigenvalue weighted by Crippen LogP contribution is 2.52. The van der Waals surface area contributed by atoms with Crippen LogP contribution in [0.15, 0.2) is 431 Å². The summed E-state index contributed by atoms with van der Waals surface area (Å²) < 4.78 is 2.45. The van der Waals surface area contributed by atoms with E-state index in [0.717, 1.165) is 34.3 Å². The van der Waals surface area contributed by atoms with Crippen molar-refractivity contribution in [3.05, 3.63) is 442 Å². The second-order valence-electron chi connectivity index (χ2n) is 29.8. The van der Waals surface area contributed by atoms with Crippen LogP contribution in [0.5, 0.6) is 0 Å². The van der Waals surface area contributed by atoms with E-state index in [1.807, 2.05) is 0 Å². The topological polar surface area (TPSA) is 8.17 Å². The van der Waals surface area contributed by atoms with Gasteiger partial charge >= 0.3 is 0 Å². The third-order valence-corrected chi connectivity index (χ3v) is 23.4. The summed E-state index contributed by atoms with van der Waals surface area (Å²) in [7, 11) is 0. The van der Waals surface area contributed by atoms with Crippen molar-refractivity contribution in [2.45, 2.75) is 12.5 Å². The van der Waals surface area contributed by atoms with Crippen LogP contribution in [0.2, 0.25) is 0 Å². The van der Waals surface area contributed by atoms with Gasteiger partial charge in [-0.1, -0.05) is 352 Å². The second kappa shape index (κ2) is 28.0. The van der Waals surface area contributed by atoms with Crippen LogP contribution < -0.4 is 4.90 Å². The predicted octanol–water partition coefficient (Wildman–Crippen LogP) is 29.8. The van der Waals surface area contributed by atoms with E-state index >= 15 is 0 Å². The molecule has 2 heterocycles. The number of anilines is 2. The monoisotopic (exact) mass is 1420 g/mol. The number of fused-ring (bicyclic) bond motifs is 8. The molecule has 21 rings (SSSR count). The lowest BCUT2D eigenvalue weighted by Gasteiger charge is -2.29. The molecular weight excluding hydrogens is 1350 g/mol. The summed E-state index contributed by atoms with van der Waals surface area (Å²) in [5, 5.41) is 7.29. The first-order chi connectivity index (χ1) is 55.5. The van der Waals surface area contributed by atoms with Crippen LogP contribution in [-0.4, -0.2) is 10.6 Å². The van der Waals surface area contributed by atoms with Gasteiger partial charge in [0.05, 0.1) is 17.1 Å². The van der Waals surface area contributed by atoms with Gasteiger partial charge in [0.15, 0.2) is 0 Å². The summed E-state index contributed by atoms with van der Waals surface area (Å²) in [4.78, 5) is 2.59. The minimum Gasteiger partial charge on any atom is -0.333 e. The molecule has 19 aromatic rings. The molecule has 2 nitrogen and oxygen atoms in total. The van der Waals surface area contributed by atoms with E-state index in [9.17, 15) is 0 Å². The molecule has 0 fully saturated rings. The Morgan fingerprint density at radius 1 is 0.205 bits per heavy atom. The molecule has 524 valence electrons. The van der Waals surface area contributed by atoms with Gasteiger partial charge < -0.3 is 9.47 Å². The third kappa shape index (κ3) is 11.9. The smallest absolute Gasteiger partial charge is 0.0633 e. The molecule has 18 aromatic carbocycles. The molecule has 0 radical (unpaired) electrons. The molecule has 1 aliphatic carbocycles. The Balaban J connectivity index is 0.634. The molecular formula is C110H74N2. The van der Waals surface area contributed by atoms with E-state index in [1.54, 1.807) is 0 Å². The van der Waals surface area contributed by atoms with Gasteiger partial charge in [0.25, 0.3) is 0 Å². The van der Waals surface area contributed by atoms with Gasteiger partial charge in [-0.05, 0) is 246 Å². The average Bonchev–Trinajstić information content (AvgIpc) is 1.64. The Morgan fingerprint density at radius 3 is 0.857 bits per heavy atom. The van der Waals surface area contributed by atoms with Gasteiger partial charge in [0.1, 0.15) is 0 Å². The van der Waals surface area contributed by atoms with E-state index in [0.29, 0.717) is 0 Å². The highest BCUT2D eigenvalue weighted by molar-refractivity contribution is 6.23. The minimum absolute atomic E-state index is 0.130. The fourth-order valence-electron chi connectivity index (χ4n) is 17.7. The van der Waals surface area contributed by atoms with Crippen molar-refractivity contribution in [1.82, 2.24) is 4.57 Å². The van der Waals surface area contributed by atoms with Crippen LogP contribution >= 0.6 is 0 Å². The van der Waals surface area contributed by atoms with Crippen LogP contribution in [0, 0.1) is 0 Å². The number of benzene rings is 18. The zero-order chi connectivity index (χ0) is 74.0. The van der Waals surface area contributed by atoms with Crippen molar-refractivity contribution in [2.24, 2.45) is 0 Å². The van der Waals surface area contributed by atoms with Crippen LogP contribution in [0.4, 0.5) is 11.4 Å². The fourth-order valence-corrected chi connectivity index (χ4v) is 17.7. The van der Waals surface area contributed by atoms with Crippen LogP contribution in [-0.2, 0) is 0 Å². The molecule has 2 aliphatic rings. The normalized spacial score (nSPS) is 13.1. The minimum atomic E-state index is 0.130. The molecule has 0 saturated carbocycles. The summed E-state index contributed by atoms with van der Waals surface area (Å²) in [6.07, 6.45) is 5.79. The largest absolute Gasteiger partial charge is 0.333 e. The maximum atomic E-state index is 2.59. The number of allylic oxidation sites excluding steroid dienone is 2. The summed E-state index contributed by atoms with van der Waals surface area (Å²) in [5.41, 5.74) is 37.4. The van der Waals surface area contributed by atoms with Crippen molar-refractivity contribution in [3.63, 3.8) is 0 Å². The molecule has 2 heteroatoms. The first-order valence-electron chi connectivity index (χ1n) is 38.9. The lowest BCUT2D eigenvalue weighted by Crippen LogP contribution is -2.27. The zero-order valence-corrected chi connectivity index (χ0v) is 61.7. The molecule has 0 saturated heterocycles. The predicted molar refractivity (Wildman–Crippen MR) is 475 cm³/mol. The highest BCUT2D eigenvalue weighted by atomic mass is 15.2. The van der Waals surface area contributed by atoms with E-state index in [-0.39, 0.29) is 6.04 Å². The van der Waals surface area contributed by atoms with Gasteiger partial charge in [-0.3, -0.25) is 0 Å². The van der Waals surface area contributed by atoms with E-state index in [1.165, 1.54) is 177 Å². The Labute approximate surface area is 653 Å². The number of nitrogens with zero attached hydrogens (tertiary/aromatic N) is 2.